The molecule has 0 aliphatic heterocycles. The maximum absolute atomic E-state index is 10.5. The average Bonchev–Trinajstić information content (AvgIpc) is 2.17. The highest BCUT2D eigenvalue weighted by atomic mass is 79.9. The highest BCUT2D eigenvalue weighted by molar-refractivity contribution is 9.10. The Labute approximate surface area is 96.2 Å². The van der Waals surface area contributed by atoms with Gasteiger partial charge in [-0.2, -0.15) is 0 Å². The van der Waals surface area contributed by atoms with E-state index in [1.807, 2.05) is 24.3 Å². The molecule has 1 atom stereocenters. The number of halogens is 1. The average molecular weight is 274 g/mol. The summed E-state index contributed by atoms with van der Waals surface area (Å²) < 4.78 is 0.852. The van der Waals surface area contributed by atoms with E-state index >= 15 is 0 Å². The molecule has 5 heteroatoms. The van der Waals surface area contributed by atoms with Gasteiger partial charge >= 0.3 is 0 Å². The quantitative estimate of drug-likeness (QED) is 0.661. The van der Waals surface area contributed by atoms with Gasteiger partial charge in [0.05, 0.1) is 5.92 Å². The van der Waals surface area contributed by atoms with E-state index in [-0.39, 0.29) is 24.0 Å². The maximum atomic E-state index is 10.5. The number of rotatable bonds is 5. The molecule has 0 saturated carbocycles. The minimum Gasteiger partial charge on any atom is -0.396 e. The van der Waals surface area contributed by atoms with Gasteiger partial charge in [-0.25, -0.2) is 0 Å². The van der Waals surface area contributed by atoms with E-state index in [0.29, 0.717) is 6.42 Å². The SMILES string of the molecule is O=[N+]([O-])C[C@@H](CCO)c1ccccc1Br. The van der Waals surface area contributed by atoms with Crippen molar-refractivity contribution >= 4 is 15.9 Å². The van der Waals surface area contributed by atoms with E-state index < -0.39 is 0 Å². The number of benzene rings is 1. The first-order valence-corrected chi connectivity index (χ1v) is 5.41. The Hall–Kier alpha value is -0.940. The van der Waals surface area contributed by atoms with Crippen molar-refractivity contribution in [3.63, 3.8) is 0 Å². The molecule has 0 bridgehead atoms. The topological polar surface area (TPSA) is 63.4 Å². The summed E-state index contributed by atoms with van der Waals surface area (Å²) in [6.07, 6.45) is 0.406. The predicted molar refractivity (Wildman–Crippen MR) is 60.4 cm³/mol. The van der Waals surface area contributed by atoms with Gasteiger partial charge in [-0.15, -0.1) is 0 Å². The van der Waals surface area contributed by atoms with Gasteiger partial charge in [-0.05, 0) is 18.1 Å². The van der Waals surface area contributed by atoms with Crippen molar-refractivity contribution in [3.8, 4) is 0 Å². The van der Waals surface area contributed by atoms with Crippen molar-refractivity contribution in [2.75, 3.05) is 13.2 Å². The van der Waals surface area contributed by atoms with Crippen LogP contribution in [0.5, 0.6) is 0 Å². The Morgan fingerprint density at radius 1 is 1.47 bits per heavy atom. The maximum Gasteiger partial charge on any atom is 0.210 e. The molecule has 0 aliphatic rings. The van der Waals surface area contributed by atoms with Crippen LogP contribution in [0.4, 0.5) is 0 Å². The number of aliphatic hydroxyl groups is 1. The minimum absolute atomic E-state index is 0.0418. The van der Waals surface area contributed by atoms with Gasteiger partial charge in [0.1, 0.15) is 0 Å². The molecule has 4 nitrogen and oxygen atoms in total. The van der Waals surface area contributed by atoms with Gasteiger partial charge in [0.2, 0.25) is 6.54 Å². The van der Waals surface area contributed by atoms with Gasteiger partial charge in [0.25, 0.3) is 0 Å². The van der Waals surface area contributed by atoms with E-state index in [4.69, 9.17) is 5.11 Å². The summed E-state index contributed by atoms with van der Waals surface area (Å²) in [5.74, 6) is -0.236. The minimum atomic E-state index is -0.347. The first-order chi connectivity index (χ1) is 7.15. The van der Waals surface area contributed by atoms with Crippen LogP contribution in [0.25, 0.3) is 0 Å². The third-order valence-electron chi connectivity index (χ3n) is 2.19. The summed E-state index contributed by atoms with van der Waals surface area (Å²) in [5, 5.41) is 19.3. The van der Waals surface area contributed by atoms with Crippen LogP contribution in [0, 0.1) is 10.1 Å². The van der Waals surface area contributed by atoms with Gasteiger partial charge in [-0.3, -0.25) is 10.1 Å². The van der Waals surface area contributed by atoms with E-state index in [0.717, 1.165) is 10.0 Å². The van der Waals surface area contributed by atoms with Crippen LogP contribution in [-0.2, 0) is 0 Å². The molecule has 15 heavy (non-hydrogen) atoms. The van der Waals surface area contributed by atoms with E-state index in [1.165, 1.54) is 0 Å². The largest absolute Gasteiger partial charge is 0.396 e. The van der Waals surface area contributed by atoms with E-state index in [1.54, 1.807) is 0 Å². The molecular formula is C10H12BrNO3. The van der Waals surface area contributed by atoms with Crippen LogP contribution >= 0.6 is 15.9 Å². The third kappa shape index (κ3) is 3.60. The van der Waals surface area contributed by atoms with Crippen molar-refractivity contribution in [2.45, 2.75) is 12.3 Å². The molecule has 0 aromatic heterocycles. The van der Waals surface area contributed by atoms with Crippen LogP contribution in [0.2, 0.25) is 0 Å². The van der Waals surface area contributed by atoms with Crippen molar-refractivity contribution < 1.29 is 10.0 Å². The lowest BCUT2D eigenvalue weighted by atomic mass is 9.96. The fraction of sp³-hybridized carbons (Fsp3) is 0.400. The second-order valence-corrected chi connectivity index (χ2v) is 4.10. The first kappa shape index (κ1) is 12.1. The smallest absolute Gasteiger partial charge is 0.210 e. The Kier molecular flexibility index (Phi) is 4.71. The zero-order chi connectivity index (χ0) is 11.3. The van der Waals surface area contributed by atoms with E-state index in [2.05, 4.69) is 15.9 Å². The van der Waals surface area contributed by atoms with Gasteiger partial charge in [0, 0.05) is 16.0 Å². The van der Waals surface area contributed by atoms with Crippen LogP contribution in [0.1, 0.15) is 17.9 Å². The Bertz CT molecular complexity index is 343. The molecule has 82 valence electrons. The zero-order valence-corrected chi connectivity index (χ0v) is 9.68. The Morgan fingerprint density at radius 3 is 2.67 bits per heavy atom. The molecule has 1 aromatic rings. The summed E-state index contributed by atoms with van der Waals surface area (Å²) in [4.78, 5) is 10.1. The number of nitro groups is 1. The standard InChI is InChI=1S/C10H12BrNO3/c11-10-4-2-1-3-9(10)8(5-6-13)7-12(14)15/h1-4,8,13H,5-7H2/t8-/m1/s1. The number of aliphatic hydroxyl groups excluding tert-OH is 1. The van der Waals surface area contributed by atoms with Crippen molar-refractivity contribution in [3.05, 3.63) is 44.4 Å². The van der Waals surface area contributed by atoms with Gasteiger partial charge < -0.3 is 5.11 Å². The van der Waals surface area contributed by atoms with E-state index in [9.17, 15) is 10.1 Å². The lowest BCUT2D eigenvalue weighted by Gasteiger charge is -2.13. The van der Waals surface area contributed by atoms with Crippen LogP contribution in [-0.4, -0.2) is 23.2 Å². The summed E-state index contributed by atoms with van der Waals surface area (Å²) in [5.41, 5.74) is 0.878. The zero-order valence-electron chi connectivity index (χ0n) is 8.10. The third-order valence-corrected chi connectivity index (χ3v) is 2.91. The number of hydrogen-bond acceptors (Lipinski definition) is 3. The summed E-state index contributed by atoms with van der Waals surface area (Å²) >= 11 is 3.35. The molecule has 0 radical (unpaired) electrons. The molecule has 0 amide bonds. The predicted octanol–water partition coefficient (Wildman–Crippen LogP) is 2.19. The normalized spacial score (nSPS) is 12.4. The van der Waals surface area contributed by atoms with Gasteiger partial charge in [0.15, 0.2) is 0 Å². The molecule has 1 rings (SSSR count). The first-order valence-electron chi connectivity index (χ1n) is 4.62. The van der Waals surface area contributed by atoms with Crippen molar-refractivity contribution in [1.29, 1.82) is 0 Å². The summed E-state index contributed by atoms with van der Waals surface area (Å²) in [7, 11) is 0. The number of hydrogen-bond donors (Lipinski definition) is 1. The fourth-order valence-electron chi connectivity index (χ4n) is 1.49. The highest BCUT2D eigenvalue weighted by Gasteiger charge is 2.19. The molecular weight excluding hydrogens is 262 g/mol. The lowest BCUT2D eigenvalue weighted by Crippen LogP contribution is -2.14. The van der Waals surface area contributed by atoms with Crippen LogP contribution in [0.3, 0.4) is 0 Å². The second-order valence-electron chi connectivity index (χ2n) is 3.25. The summed E-state index contributed by atoms with van der Waals surface area (Å²) in [6.45, 7) is -0.191. The Balaban J connectivity index is 2.88. The van der Waals surface area contributed by atoms with Crippen LogP contribution < -0.4 is 0 Å². The molecule has 0 fully saturated rings. The lowest BCUT2D eigenvalue weighted by molar-refractivity contribution is -0.483. The van der Waals surface area contributed by atoms with Crippen molar-refractivity contribution in [1.82, 2.24) is 0 Å². The fourth-order valence-corrected chi connectivity index (χ4v) is 2.10. The summed E-state index contributed by atoms with van der Waals surface area (Å²) in [6, 6.07) is 7.38. The second kappa shape index (κ2) is 5.82. The van der Waals surface area contributed by atoms with Crippen molar-refractivity contribution in [2.24, 2.45) is 0 Å². The molecule has 0 unspecified atom stereocenters. The van der Waals surface area contributed by atoms with Gasteiger partial charge in [-0.1, -0.05) is 34.1 Å². The van der Waals surface area contributed by atoms with Crippen LogP contribution in [0.15, 0.2) is 28.7 Å². The molecule has 0 saturated heterocycles. The molecule has 1 N–H and O–H groups in total. The molecule has 0 heterocycles. The molecule has 0 spiro atoms. The highest BCUT2D eigenvalue weighted by Crippen LogP contribution is 2.27. The number of nitrogens with zero attached hydrogens (tertiary/aromatic N) is 1. The molecule has 0 aliphatic carbocycles. The Morgan fingerprint density at radius 2 is 2.13 bits per heavy atom. The molecule has 1 aromatic carbocycles. The monoisotopic (exact) mass is 273 g/mol.